The molecule has 0 saturated heterocycles. The van der Waals surface area contributed by atoms with Crippen LogP contribution >= 0.6 is 11.8 Å². The van der Waals surface area contributed by atoms with Gasteiger partial charge in [-0.25, -0.2) is 13.1 Å². The first-order valence-corrected chi connectivity index (χ1v) is 7.32. The van der Waals surface area contributed by atoms with E-state index in [0.29, 0.717) is 6.42 Å². The summed E-state index contributed by atoms with van der Waals surface area (Å²) in [6.07, 6.45) is 3.19. The van der Waals surface area contributed by atoms with Gasteiger partial charge in [0.25, 0.3) is 0 Å². The number of ether oxygens (including phenoxy) is 1. The van der Waals surface area contributed by atoms with Crippen molar-refractivity contribution in [2.45, 2.75) is 18.3 Å². The molecule has 2 aliphatic heterocycles. The molecule has 0 fully saturated rings. The van der Waals surface area contributed by atoms with Gasteiger partial charge in [-0.1, -0.05) is 0 Å². The van der Waals surface area contributed by atoms with Crippen molar-refractivity contribution in [2.75, 3.05) is 12.8 Å². The molecule has 0 aromatic carbocycles. The SMILES string of the molecule is CNS(=O)(=O)C1CCC2=C(C=CSC2)O1. The zero-order valence-electron chi connectivity index (χ0n) is 8.39. The van der Waals surface area contributed by atoms with Crippen molar-refractivity contribution in [3.05, 3.63) is 22.8 Å². The Labute approximate surface area is 93.8 Å². The second kappa shape index (κ2) is 4.19. The summed E-state index contributed by atoms with van der Waals surface area (Å²) in [4.78, 5) is 0. The molecule has 0 spiro atoms. The zero-order valence-corrected chi connectivity index (χ0v) is 10.0. The predicted octanol–water partition coefficient (Wildman–Crippen LogP) is 1.19. The topological polar surface area (TPSA) is 55.4 Å². The van der Waals surface area contributed by atoms with Gasteiger partial charge in [0.05, 0.1) is 0 Å². The first kappa shape index (κ1) is 11.0. The Morgan fingerprint density at radius 3 is 3.13 bits per heavy atom. The van der Waals surface area contributed by atoms with E-state index in [9.17, 15) is 8.42 Å². The molecule has 6 heteroatoms. The normalized spacial score (nSPS) is 26.1. The molecule has 0 aromatic rings. The number of sulfonamides is 1. The van der Waals surface area contributed by atoms with Gasteiger partial charge in [-0.05, 0) is 30.5 Å². The molecule has 84 valence electrons. The van der Waals surface area contributed by atoms with Crippen LogP contribution in [0.1, 0.15) is 12.8 Å². The van der Waals surface area contributed by atoms with E-state index in [4.69, 9.17) is 4.74 Å². The van der Waals surface area contributed by atoms with Gasteiger partial charge in [0.15, 0.2) is 0 Å². The second-order valence-electron chi connectivity index (χ2n) is 3.42. The van der Waals surface area contributed by atoms with Crippen molar-refractivity contribution in [1.82, 2.24) is 4.72 Å². The molecule has 2 aliphatic rings. The van der Waals surface area contributed by atoms with E-state index in [1.165, 1.54) is 12.6 Å². The summed E-state index contributed by atoms with van der Waals surface area (Å²) in [7, 11) is -1.91. The average molecular weight is 247 g/mol. The number of rotatable bonds is 2. The largest absolute Gasteiger partial charge is 0.473 e. The van der Waals surface area contributed by atoms with Gasteiger partial charge in [0, 0.05) is 12.2 Å². The van der Waals surface area contributed by atoms with Crippen molar-refractivity contribution in [1.29, 1.82) is 0 Å². The Hall–Kier alpha value is -0.460. The van der Waals surface area contributed by atoms with Crippen molar-refractivity contribution in [2.24, 2.45) is 0 Å². The van der Waals surface area contributed by atoms with E-state index < -0.39 is 15.5 Å². The smallest absolute Gasteiger partial charge is 0.249 e. The second-order valence-corrected chi connectivity index (χ2v) is 6.34. The molecule has 0 bridgehead atoms. The fourth-order valence-electron chi connectivity index (χ4n) is 1.61. The van der Waals surface area contributed by atoms with Crippen LogP contribution in [-0.2, 0) is 14.8 Å². The van der Waals surface area contributed by atoms with Gasteiger partial charge in [-0.3, -0.25) is 0 Å². The number of hydrogen-bond donors (Lipinski definition) is 1. The van der Waals surface area contributed by atoms with Crippen LogP contribution in [0.15, 0.2) is 22.8 Å². The maximum Gasteiger partial charge on any atom is 0.249 e. The summed E-state index contributed by atoms with van der Waals surface area (Å²) in [5.41, 5.74) is 0.471. The molecule has 0 amide bonds. The van der Waals surface area contributed by atoms with E-state index in [1.54, 1.807) is 11.8 Å². The van der Waals surface area contributed by atoms with Gasteiger partial charge in [-0.15, -0.1) is 11.8 Å². The van der Waals surface area contributed by atoms with Crippen LogP contribution in [0.3, 0.4) is 0 Å². The molecule has 1 N–H and O–H groups in total. The molecule has 2 heterocycles. The highest BCUT2D eigenvalue weighted by molar-refractivity contribution is 8.02. The third kappa shape index (κ3) is 2.21. The number of allylic oxidation sites excluding steroid dienone is 1. The molecule has 0 aromatic heterocycles. The minimum atomic E-state index is -3.32. The fraction of sp³-hybridized carbons (Fsp3) is 0.556. The average Bonchev–Trinajstić information content (AvgIpc) is 2.28. The summed E-state index contributed by atoms with van der Waals surface area (Å²) in [5.74, 6) is 1.65. The van der Waals surface area contributed by atoms with Crippen LogP contribution in [-0.4, -0.2) is 26.7 Å². The van der Waals surface area contributed by atoms with E-state index in [0.717, 1.165) is 17.9 Å². The molecule has 1 atom stereocenters. The number of nitrogens with one attached hydrogen (secondary N) is 1. The third-order valence-corrected chi connectivity index (χ3v) is 4.93. The molecule has 2 rings (SSSR count). The molecule has 0 aliphatic carbocycles. The molecular formula is C9H13NO3S2. The zero-order chi connectivity index (χ0) is 10.9. The summed E-state index contributed by atoms with van der Waals surface area (Å²) in [5, 5.41) is 1.94. The number of thioether (sulfide) groups is 1. The number of hydrogen-bond acceptors (Lipinski definition) is 4. The van der Waals surface area contributed by atoms with Crippen LogP contribution in [0.5, 0.6) is 0 Å². The Kier molecular flexibility index (Phi) is 3.08. The van der Waals surface area contributed by atoms with E-state index >= 15 is 0 Å². The lowest BCUT2D eigenvalue weighted by molar-refractivity contribution is 0.160. The molecule has 4 nitrogen and oxygen atoms in total. The summed E-state index contributed by atoms with van der Waals surface area (Å²) >= 11 is 1.71. The minimum Gasteiger partial charge on any atom is -0.473 e. The molecular weight excluding hydrogens is 234 g/mol. The third-order valence-electron chi connectivity index (χ3n) is 2.49. The quantitative estimate of drug-likeness (QED) is 0.796. The van der Waals surface area contributed by atoms with Crippen molar-refractivity contribution < 1.29 is 13.2 Å². The Morgan fingerprint density at radius 2 is 2.40 bits per heavy atom. The predicted molar refractivity (Wildman–Crippen MR) is 60.7 cm³/mol. The van der Waals surface area contributed by atoms with E-state index in [2.05, 4.69) is 4.72 Å². The Bertz CT molecular complexity index is 411. The van der Waals surface area contributed by atoms with Gasteiger partial charge < -0.3 is 4.74 Å². The maximum absolute atomic E-state index is 11.5. The van der Waals surface area contributed by atoms with Gasteiger partial charge in [0.1, 0.15) is 5.76 Å². The molecule has 1 unspecified atom stereocenters. The lowest BCUT2D eigenvalue weighted by Crippen LogP contribution is -2.35. The van der Waals surface area contributed by atoms with Gasteiger partial charge >= 0.3 is 0 Å². The van der Waals surface area contributed by atoms with Crippen LogP contribution < -0.4 is 4.72 Å². The molecule has 0 radical (unpaired) electrons. The lowest BCUT2D eigenvalue weighted by atomic mass is 10.1. The first-order chi connectivity index (χ1) is 7.13. The van der Waals surface area contributed by atoms with E-state index in [-0.39, 0.29) is 0 Å². The molecule has 15 heavy (non-hydrogen) atoms. The van der Waals surface area contributed by atoms with E-state index in [1.807, 2.05) is 11.5 Å². The molecule has 0 saturated carbocycles. The van der Waals surface area contributed by atoms with Crippen molar-refractivity contribution in [3.63, 3.8) is 0 Å². The highest BCUT2D eigenvalue weighted by Crippen LogP contribution is 2.32. The lowest BCUT2D eigenvalue weighted by Gasteiger charge is -2.27. The van der Waals surface area contributed by atoms with Crippen LogP contribution in [0.25, 0.3) is 0 Å². The van der Waals surface area contributed by atoms with Crippen LogP contribution in [0.4, 0.5) is 0 Å². The summed E-state index contributed by atoms with van der Waals surface area (Å²) in [6, 6.07) is 0. The monoisotopic (exact) mass is 247 g/mol. The highest BCUT2D eigenvalue weighted by atomic mass is 32.2. The highest BCUT2D eigenvalue weighted by Gasteiger charge is 2.31. The van der Waals surface area contributed by atoms with Crippen LogP contribution in [0.2, 0.25) is 0 Å². The summed E-state index contributed by atoms with van der Waals surface area (Å²) < 4.78 is 30.9. The fourth-order valence-corrected chi connectivity index (χ4v) is 3.33. The van der Waals surface area contributed by atoms with Crippen LogP contribution in [0, 0.1) is 0 Å². The minimum absolute atomic E-state index is 0.538. The Morgan fingerprint density at radius 1 is 1.60 bits per heavy atom. The summed E-state index contributed by atoms with van der Waals surface area (Å²) in [6.45, 7) is 0. The van der Waals surface area contributed by atoms with Crippen molar-refractivity contribution >= 4 is 21.8 Å². The maximum atomic E-state index is 11.5. The Balaban J connectivity index is 2.18. The van der Waals surface area contributed by atoms with Gasteiger partial charge in [-0.2, -0.15) is 0 Å². The van der Waals surface area contributed by atoms with Crippen molar-refractivity contribution in [3.8, 4) is 0 Å². The standard InChI is InChI=1S/C9H13NO3S2/c1-10-15(11,12)9-3-2-7-6-14-5-4-8(7)13-9/h4-5,9-10H,2-3,6H2,1H3. The first-order valence-electron chi connectivity index (χ1n) is 4.72. The van der Waals surface area contributed by atoms with Gasteiger partial charge in [0.2, 0.25) is 15.5 Å².